The van der Waals surface area contributed by atoms with E-state index < -0.39 is 23.6 Å². The number of ether oxygens (including phenoxy) is 1. The maximum atomic E-state index is 13.2. The van der Waals surface area contributed by atoms with Crippen LogP contribution in [-0.2, 0) is 14.3 Å². The lowest BCUT2D eigenvalue weighted by molar-refractivity contribution is -0.142. The first kappa shape index (κ1) is 27.3. The first-order chi connectivity index (χ1) is 14.9. The van der Waals surface area contributed by atoms with E-state index in [4.69, 9.17) is 4.74 Å². The van der Waals surface area contributed by atoms with E-state index in [-0.39, 0.29) is 24.2 Å². The molecule has 3 amide bonds. The zero-order valence-corrected chi connectivity index (χ0v) is 20.4. The molecule has 0 aliphatic heterocycles. The molecule has 0 saturated carbocycles. The molecule has 0 saturated heterocycles. The molecule has 0 heterocycles. The minimum absolute atomic E-state index is 0.0280. The molecule has 1 unspecified atom stereocenters. The molecule has 0 bridgehead atoms. The number of aromatic hydroxyl groups is 1. The van der Waals surface area contributed by atoms with Crippen LogP contribution in [0.1, 0.15) is 78.0 Å². The van der Waals surface area contributed by atoms with Crippen molar-refractivity contribution in [3.05, 3.63) is 29.3 Å². The second-order valence-electron chi connectivity index (χ2n) is 9.16. The van der Waals surface area contributed by atoms with Gasteiger partial charge < -0.3 is 25.4 Å². The predicted molar refractivity (Wildman–Crippen MR) is 124 cm³/mol. The number of carbonyl (C=O) groups is 3. The van der Waals surface area contributed by atoms with Crippen molar-refractivity contribution in [1.29, 1.82) is 0 Å². The summed E-state index contributed by atoms with van der Waals surface area (Å²) in [6.45, 7) is 12.7. The number of nitrogens with one attached hydrogen (secondary N) is 2. The van der Waals surface area contributed by atoms with Crippen molar-refractivity contribution in [3.63, 3.8) is 0 Å². The fourth-order valence-corrected chi connectivity index (χ4v) is 3.29. The van der Waals surface area contributed by atoms with Gasteiger partial charge in [0.15, 0.2) is 0 Å². The third-order valence-electron chi connectivity index (χ3n) is 4.80. The zero-order chi connectivity index (χ0) is 24.5. The van der Waals surface area contributed by atoms with Crippen LogP contribution in [-0.4, -0.2) is 52.6 Å². The molecule has 0 fully saturated rings. The largest absolute Gasteiger partial charge is 0.507 e. The Morgan fingerprint density at radius 3 is 2.34 bits per heavy atom. The van der Waals surface area contributed by atoms with Crippen LogP contribution in [0.3, 0.4) is 0 Å². The number of aryl methyl sites for hydroxylation is 1. The molecule has 0 aliphatic rings. The Morgan fingerprint density at radius 1 is 1.12 bits per heavy atom. The molecule has 1 atom stereocenters. The van der Waals surface area contributed by atoms with E-state index in [0.29, 0.717) is 17.7 Å². The molecule has 0 aliphatic carbocycles. The highest BCUT2D eigenvalue weighted by Crippen LogP contribution is 2.32. The molecular weight excluding hydrogens is 410 g/mol. The number of carbonyl (C=O) groups excluding carboxylic acids is 3. The fraction of sp³-hybridized carbons (Fsp3) is 0.625. The molecule has 0 radical (unpaired) electrons. The van der Waals surface area contributed by atoms with Gasteiger partial charge in [0.05, 0.1) is 0 Å². The molecule has 1 rings (SSSR count). The van der Waals surface area contributed by atoms with E-state index in [0.717, 1.165) is 19.3 Å². The second-order valence-corrected chi connectivity index (χ2v) is 9.16. The average molecular weight is 450 g/mol. The van der Waals surface area contributed by atoms with E-state index in [9.17, 15) is 19.5 Å². The number of amides is 3. The van der Waals surface area contributed by atoms with Gasteiger partial charge in [-0.1, -0.05) is 38.0 Å². The van der Waals surface area contributed by atoms with Gasteiger partial charge in [0, 0.05) is 18.2 Å². The van der Waals surface area contributed by atoms with E-state index in [1.165, 1.54) is 4.90 Å². The highest BCUT2D eigenvalue weighted by Gasteiger charge is 2.35. The maximum absolute atomic E-state index is 13.2. The van der Waals surface area contributed by atoms with Crippen LogP contribution in [0.2, 0.25) is 0 Å². The Balaban J connectivity index is 3.18. The zero-order valence-electron chi connectivity index (χ0n) is 20.4. The lowest BCUT2D eigenvalue weighted by Crippen LogP contribution is -2.50. The third-order valence-corrected chi connectivity index (χ3v) is 4.80. The van der Waals surface area contributed by atoms with Gasteiger partial charge in [-0.2, -0.15) is 0 Å². The fourth-order valence-electron chi connectivity index (χ4n) is 3.29. The van der Waals surface area contributed by atoms with Gasteiger partial charge in [-0.05, 0) is 53.5 Å². The number of nitrogens with zero attached hydrogens (tertiary/aromatic N) is 1. The SMILES string of the molecule is CCCCCNC(=O)C(c1cccc(C)c1O)N(C(=O)CNC(=O)OC(C)(C)C)C(C)C. The molecule has 0 spiro atoms. The summed E-state index contributed by atoms with van der Waals surface area (Å²) in [7, 11) is 0. The Labute approximate surface area is 191 Å². The summed E-state index contributed by atoms with van der Waals surface area (Å²) in [6.07, 6.45) is 2.11. The van der Waals surface area contributed by atoms with Gasteiger partial charge >= 0.3 is 6.09 Å². The van der Waals surface area contributed by atoms with Crippen molar-refractivity contribution in [1.82, 2.24) is 15.5 Å². The van der Waals surface area contributed by atoms with Crippen molar-refractivity contribution >= 4 is 17.9 Å². The molecule has 32 heavy (non-hydrogen) atoms. The first-order valence-corrected chi connectivity index (χ1v) is 11.2. The molecule has 1 aromatic rings. The standard InChI is InChI=1S/C24H39N3O5/c1-8-9-10-14-25-22(30)20(18-13-11-12-17(4)21(18)29)27(16(2)3)19(28)15-26-23(31)32-24(5,6)7/h11-13,16,20,29H,8-10,14-15H2,1-7H3,(H,25,30)(H,26,31). The van der Waals surface area contributed by atoms with Crippen molar-refractivity contribution in [2.75, 3.05) is 13.1 Å². The lowest BCUT2D eigenvalue weighted by Gasteiger charge is -2.35. The monoisotopic (exact) mass is 449 g/mol. The van der Waals surface area contributed by atoms with Crippen LogP contribution in [0.25, 0.3) is 0 Å². The summed E-state index contributed by atoms with van der Waals surface area (Å²) in [5.41, 5.74) is 0.255. The smallest absolute Gasteiger partial charge is 0.408 e. The lowest BCUT2D eigenvalue weighted by atomic mass is 9.98. The number of rotatable bonds is 10. The van der Waals surface area contributed by atoms with E-state index in [2.05, 4.69) is 17.6 Å². The number of unbranched alkanes of at least 4 members (excludes halogenated alkanes) is 2. The number of phenols is 1. The number of phenolic OH excluding ortho intramolecular Hbond substituents is 1. The molecular formula is C24H39N3O5. The number of para-hydroxylation sites is 1. The molecule has 0 aromatic heterocycles. The van der Waals surface area contributed by atoms with Crippen LogP contribution in [0.5, 0.6) is 5.75 Å². The molecule has 180 valence electrons. The van der Waals surface area contributed by atoms with Crippen LogP contribution in [0.4, 0.5) is 4.79 Å². The van der Waals surface area contributed by atoms with Gasteiger partial charge in [0.25, 0.3) is 0 Å². The van der Waals surface area contributed by atoms with Crippen LogP contribution < -0.4 is 10.6 Å². The number of alkyl carbamates (subject to hydrolysis) is 1. The van der Waals surface area contributed by atoms with Crippen molar-refractivity contribution in [3.8, 4) is 5.75 Å². The quantitative estimate of drug-likeness (QED) is 0.471. The number of benzene rings is 1. The highest BCUT2D eigenvalue weighted by atomic mass is 16.6. The minimum atomic E-state index is -1.04. The molecule has 3 N–H and O–H groups in total. The van der Waals surface area contributed by atoms with Crippen LogP contribution >= 0.6 is 0 Å². The normalized spacial score (nSPS) is 12.2. The average Bonchev–Trinajstić information content (AvgIpc) is 2.68. The van der Waals surface area contributed by atoms with Gasteiger partial charge in [0.2, 0.25) is 11.8 Å². The summed E-state index contributed by atoms with van der Waals surface area (Å²) in [6, 6.07) is 3.71. The van der Waals surface area contributed by atoms with Crippen LogP contribution in [0, 0.1) is 6.92 Å². The summed E-state index contributed by atoms with van der Waals surface area (Å²) in [5, 5.41) is 16.0. The second kappa shape index (κ2) is 12.3. The van der Waals surface area contributed by atoms with E-state index in [1.54, 1.807) is 59.7 Å². The van der Waals surface area contributed by atoms with Crippen molar-refractivity contribution in [2.45, 2.75) is 85.4 Å². The molecule has 8 nitrogen and oxygen atoms in total. The number of hydrogen-bond donors (Lipinski definition) is 3. The third kappa shape index (κ3) is 8.40. The number of hydrogen-bond acceptors (Lipinski definition) is 5. The summed E-state index contributed by atoms with van der Waals surface area (Å²) in [4.78, 5) is 39.8. The Hall–Kier alpha value is -2.77. The summed E-state index contributed by atoms with van der Waals surface area (Å²) in [5.74, 6) is -0.860. The Morgan fingerprint density at radius 2 is 1.78 bits per heavy atom. The van der Waals surface area contributed by atoms with E-state index in [1.807, 2.05) is 0 Å². The molecule has 1 aromatic carbocycles. The Bertz CT molecular complexity index is 786. The summed E-state index contributed by atoms with van der Waals surface area (Å²) >= 11 is 0. The highest BCUT2D eigenvalue weighted by molar-refractivity contribution is 5.91. The van der Waals surface area contributed by atoms with Gasteiger partial charge in [0.1, 0.15) is 23.9 Å². The predicted octanol–water partition coefficient (Wildman–Crippen LogP) is 3.81. The molecule has 8 heteroatoms. The topological polar surface area (TPSA) is 108 Å². The van der Waals surface area contributed by atoms with Crippen molar-refractivity contribution in [2.24, 2.45) is 0 Å². The van der Waals surface area contributed by atoms with E-state index >= 15 is 0 Å². The Kier molecular flexibility index (Phi) is 10.5. The van der Waals surface area contributed by atoms with Crippen molar-refractivity contribution < 1.29 is 24.2 Å². The van der Waals surface area contributed by atoms with Gasteiger partial charge in [-0.15, -0.1) is 0 Å². The van der Waals surface area contributed by atoms with Gasteiger partial charge in [-0.25, -0.2) is 4.79 Å². The summed E-state index contributed by atoms with van der Waals surface area (Å²) < 4.78 is 5.19. The maximum Gasteiger partial charge on any atom is 0.408 e. The minimum Gasteiger partial charge on any atom is -0.507 e. The van der Waals surface area contributed by atoms with Gasteiger partial charge in [-0.3, -0.25) is 9.59 Å². The first-order valence-electron chi connectivity index (χ1n) is 11.2. The van der Waals surface area contributed by atoms with Crippen LogP contribution in [0.15, 0.2) is 18.2 Å².